The van der Waals surface area contributed by atoms with Crippen molar-refractivity contribution >= 4 is 17.9 Å². The van der Waals surface area contributed by atoms with Crippen LogP contribution in [0.3, 0.4) is 0 Å². The summed E-state index contributed by atoms with van der Waals surface area (Å²) in [6, 6.07) is 1.59. The summed E-state index contributed by atoms with van der Waals surface area (Å²) in [6.45, 7) is 5.20. The Morgan fingerprint density at radius 1 is 1.32 bits per heavy atom. The molecule has 0 radical (unpaired) electrons. The molecule has 0 bridgehead atoms. The molecule has 25 heavy (non-hydrogen) atoms. The molecule has 8 heteroatoms. The molecule has 1 rings (SSSR count). The van der Waals surface area contributed by atoms with Crippen molar-refractivity contribution in [2.45, 2.75) is 32.6 Å². The fraction of sp³-hybridized carbons (Fsp3) is 0.529. The van der Waals surface area contributed by atoms with E-state index in [9.17, 15) is 14.4 Å². The fourth-order valence-electron chi connectivity index (χ4n) is 2.16. The minimum absolute atomic E-state index is 0.0487. The number of nitrogens with zero attached hydrogens (tertiary/aromatic N) is 2. The van der Waals surface area contributed by atoms with Crippen LogP contribution in [0.15, 0.2) is 18.2 Å². The second-order valence-corrected chi connectivity index (χ2v) is 5.73. The summed E-state index contributed by atoms with van der Waals surface area (Å²) in [6.07, 6.45) is 3.31. The van der Waals surface area contributed by atoms with Gasteiger partial charge in [-0.1, -0.05) is 13.0 Å². The number of allylic oxidation sites excluding steroid dienone is 1. The Balaban J connectivity index is 3.08. The summed E-state index contributed by atoms with van der Waals surface area (Å²) in [4.78, 5) is 34.4. The van der Waals surface area contributed by atoms with Crippen molar-refractivity contribution in [3.8, 4) is 0 Å². The van der Waals surface area contributed by atoms with Crippen molar-refractivity contribution in [1.82, 2.24) is 9.78 Å². The molecule has 138 valence electrons. The number of rotatable bonds is 8. The van der Waals surface area contributed by atoms with Crippen LogP contribution in [0.2, 0.25) is 0 Å². The van der Waals surface area contributed by atoms with E-state index in [2.05, 4.69) is 5.10 Å². The molecule has 0 saturated carbocycles. The highest BCUT2D eigenvalue weighted by Gasteiger charge is 2.32. The number of ether oxygens (including phenoxy) is 3. The first kappa shape index (κ1) is 20.4. The van der Waals surface area contributed by atoms with E-state index in [0.717, 1.165) is 0 Å². The van der Waals surface area contributed by atoms with Gasteiger partial charge in [0.25, 0.3) is 0 Å². The summed E-state index contributed by atoms with van der Waals surface area (Å²) in [5.74, 6) is -1.39. The normalized spacial score (nSPS) is 13.3. The lowest BCUT2D eigenvalue weighted by Gasteiger charge is -2.25. The van der Waals surface area contributed by atoms with Gasteiger partial charge < -0.3 is 14.2 Å². The van der Waals surface area contributed by atoms with Gasteiger partial charge in [-0.05, 0) is 19.4 Å². The summed E-state index contributed by atoms with van der Waals surface area (Å²) < 4.78 is 16.1. The quantitative estimate of drug-likeness (QED) is 0.398. The van der Waals surface area contributed by atoms with Gasteiger partial charge in [-0.25, -0.2) is 9.59 Å². The molecular formula is C17H24N2O6. The van der Waals surface area contributed by atoms with Gasteiger partial charge in [-0.3, -0.25) is 9.48 Å². The fourth-order valence-corrected chi connectivity index (χ4v) is 2.16. The molecule has 0 aliphatic rings. The van der Waals surface area contributed by atoms with Crippen LogP contribution >= 0.6 is 0 Å². The molecule has 0 aromatic carbocycles. The Kier molecular flexibility index (Phi) is 7.35. The van der Waals surface area contributed by atoms with E-state index in [0.29, 0.717) is 12.1 Å². The van der Waals surface area contributed by atoms with Gasteiger partial charge in [0.05, 0.1) is 19.4 Å². The maximum Gasteiger partial charge on any atom is 0.356 e. The zero-order chi connectivity index (χ0) is 19.0. The summed E-state index contributed by atoms with van der Waals surface area (Å²) in [5, 5.41) is 4.34. The number of carbonyl (C=O) groups is 3. The molecule has 1 unspecified atom stereocenters. The lowest BCUT2D eigenvalue weighted by molar-refractivity contribution is -0.143. The maximum absolute atomic E-state index is 11.8. The third kappa shape index (κ3) is 5.74. The van der Waals surface area contributed by atoms with Gasteiger partial charge in [0.2, 0.25) is 0 Å². The predicted octanol–water partition coefficient (Wildman–Crippen LogP) is 1.54. The van der Waals surface area contributed by atoms with Gasteiger partial charge in [-0.15, -0.1) is 0 Å². The smallest absolute Gasteiger partial charge is 0.356 e. The molecule has 1 aromatic rings. The van der Waals surface area contributed by atoms with Crippen molar-refractivity contribution in [2.24, 2.45) is 7.05 Å². The minimum atomic E-state index is -0.724. The highest BCUT2D eigenvalue weighted by Crippen LogP contribution is 2.28. The molecule has 0 saturated heterocycles. The van der Waals surface area contributed by atoms with Crippen LogP contribution in [0.4, 0.5) is 0 Å². The number of hydrogen-bond donors (Lipinski definition) is 0. The number of aromatic nitrogens is 2. The van der Waals surface area contributed by atoms with Crippen LogP contribution < -0.4 is 0 Å². The van der Waals surface area contributed by atoms with Gasteiger partial charge in [0, 0.05) is 25.5 Å². The topological polar surface area (TPSA) is 96.7 Å². The van der Waals surface area contributed by atoms with Crippen molar-refractivity contribution in [3.05, 3.63) is 29.6 Å². The Hall–Kier alpha value is -2.64. The van der Waals surface area contributed by atoms with Crippen molar-refractivity contribution < 1.29 is 28.6 Å². The number of aryl methyl sites for hydroxylation is 1. The van der Waals surface area contributed by atoms with Crippen LogP contribution in [0.5, 0.6) is 0 Å². The maximum atomic E-state index is 11.8. The van der Waals surface area contributed by atoms with Gasteiger partial charge in [0.1, 0.15) is 12.3 Å². The second-order valence-electron chi connectivity index (χ2n) is 5.73. The number of methoxy groups -OCH3 is 1. The SMILES string of the molecule is CCOC(=O)/C=C/CC(C)(COC(C)=O)c1cc(C(=O)OC)n(C)n1. The van der Waals surface area contributed by atoms with Gasteiger partial charge in [-0.2, -0.15) is 5.10 Å². The van der Waals surface area contributed by atoms with E-state index < -0.39 is 23.3 Å². The van der Waals surface area contributed by atoms with E-state index >= 15 is 0 Å². The molecule has 0 spiro atoms. The molecule has 1 atom stereocenters. The van der Waals surface area contributed by atoms with Crippen molar-refractivity contribution in [1.29, 1.82) is 0 Å². The Morgan fingerprint density at radius 3 is 2.56 bits per heavy atom. The standard InChI is InChI=1S/C17H24N2O6/c1-6-24-15(21)8-7-9-17(3,11-25-12(2)20)14-10-13(16(22)23-5)19(4)18-14/h7-8,10H,6,9,11H2,1-5H3/b8-7+. The third-order valence-electron chi connectivity index (χ3n) is 3.60. The predicted molar refractivity (Wildman–Crippen MR) is 88.9 cm³/mol. The first-order chi connectivity index (χ1) is 11.7. The molecule has 1 aromatic heterocycles. The van der Waals surface area contributed by atoms with Crippen LogP contribution in [-0.2, 0) is 36.3 Å². The number of carbonyl (C=O) groups excluding carboxylic acids is 3. The highest BCUT2D eigenvalue weighted by atomic mass is 16.5. The van der Waals surface area contributed by atoms with E-state index in [4.69, 9.17) is 14.2 Å². The minimum Gasteiger partial charge on any atom is -0.465 e. The van der Waals surface area contributed by atoms with Gasteiger partial charge >= 0.3 is 17.9 Å². The summed E-state index contributed by atoms with van der Waals surface area (Å²) in [5.41, 5.74) is 0.102. The lowest BCUT2D eigenvalue weighted by Crippen LogP contribution is -2.29. The van der Waals surface area contributed by atoms with Crippen LogP contribution in [0.25, 0.3) is 0 Å². The highest BCUT2D eigenvalue weighted by molar-refractivity contribution is 5.87. The second kappa shape index (κ2) is 9.00. The molecule has 0 fully saturated rings. The first-order valence-corrected chi connectivity index (χ1v) is 7.83. The average molecular weight is 352 g/mol. The number of hydrogen-bond acceptors (Lipinski definition) is 7. The molecule has 0 aliphatic heterocycles. The Bertz CT molecular complexity index is 664. The first-order valence-electron chi connectivity index (χ1n) is 7.83. The average Bonchev–Trinajstić information content (AvgIpc) is 2.95. The third-order valence-corrected chi connectivity index (χ3v) is 3.60. The molecule has 8 nitrogen and oxygen atoms in total. The van der Waals surface area contributed by atoms with E-state index in [-0.39, 0.29) is 18.9 Å². The summed E-state index contributed by atoms with van der Waals surface area (Å²) >= 11 is 0. The zero-order valence-electron chi connectivity index (χ0n) is 15.2. The Morgan fingerprint density at radius 2 is 2.00 bits per heavy atom. The number of esters is 3. The molecule has 1 heterocycles. The molecule has 0 amide bonds. The Labute approximate surface area is 146 Å². The van der Waals surface area contributed by atoms with Gasteiger partial charge in [0.15, 0.2) is 0 Å². The zero-order valence-corrected chi connectivity index (χ0v) is 15.2. The van der Waals surface area contributed by atoms with Crippen molar-refractivity contribution in [3.63, 3.8) is 0 Å². The van der Waals surface area contributed by atoms with Crippen LogP contribution in [0, 0.1) is 0 Å². The van der Waals surface area contributed by atoms with E-state index in [1.54, 1.807) is 26.1 Å². The van der Waals surface area contributed by atoms with E-state index in [1.165, 1.54) is 24.8 Å². The van der Waals surface area contributed by atoms with Crippen LogP contribution in [-0.4, -0.2) is 48.0 Å². The van der Waals surface area contributed by atoms with Crippen LogP contribution in [0.1, 0.15) is 43.4 Å². The van der Waals surface area contributed by atoms with Crippen molar-refractivity contribution in [2.75, 3.05) is 20.3 Å². The lowest BCUT2D eigenvalue weighted by atomic mass is 9.84. The largest absolute Gasteiger partial charge is 0.465 e. The monoisotopic (exact) mass is 352 g/mol. The van der Waals surface area contributed by atoms with E-state index in [1.807, 2.05) is 6.92 Å². The molecular weight excluding hydrogens is 328 g/mol. The molecule has 0 aliphatic carbocycles. The molecule has 0 N–H and O–H groups in total. The summed E-state index contributed by atoms with van der Waals surface area (Å²) in [7, 11) is 2.91.